The molecule has 0 aromatic heterocycles. The molecular formula is C9H16S. The molecular weight excluding hydrogens is 140 g/mol. The molecule has 0 N–H and O–H groups in total. The van der Waals surface area contributed by atoms with E-state index in [0.29, 0.717) is 0 Å². The minimum absolute atomic E-state index is 0.740. The van der Waals surface area contributed by atoms with Crippen molar-refractivity contribution in [1.82, 2.24) is 0 Å². The molecule has 10 heavy (non-hydrogen) atoms. The SMILES string of the molecule is SC1CC2CCCC(C1)C2. The van der Waals surface area contributed by atoms with Crippen LogP contribution >= 0.6 is 12.6 Å². The summed E-state index contributed by atoms with van der Waals surface area (Å²) in [5, 5.41) is 0.740. The van der Waals surface area contributed by atoms with Crippen molar-refractivity contribution in [2.45, 2.75) is 43.8 Å². The van der Waals surface area contributed by atoms with Crippen LogP contribution in [0.4, 0.5) is 0 Å². The van der Waals surface area contributed by atoms with E-state index in [1.807, 2.05) is 0 Å². The number of hydrogen-bond acceptors (Lipinski definition) is 1. The van der Waals surface area contributed by atoms with Gasteiger partial charge in [-0.3, -0.25) is 0 Å². The van der Waals surface area contributed by atoms with Crippen LogP contribution in [0.3, 0.4) is 0 Å². The van der Waals surface area contributed by atoms with Crippen molar-refractivity contribution in [2.24, 2.45) is 11.8 Å². The van der Waals surface area contributed by atoms with E-state index in [-0.39, 0.29) is 0 Å². The van der Waals surface area contributed by atoms with Crippen LogP contribution in [-0.2, 0) is 0 Å². The van der Waals surface area contributed by atoms with E-state index in [4.69, 9.17) is 0 Å². The largest absolute Gasteiger partial charge is 0.176 e. The summed E-state index contributed by atoms with van der Waals surface area (Å²) in [5.41, 5.74) is 0. The Morgan fingerprint density at radius 3 is 2.10 bits per heavy atom. The Morgan fingerprint density at radius 2 is 1.50 bits per heavy atom. The van der Waals surface area contributed by atoms with Gasteiger partial charge >= 0.3 is 0 Å². The van der Waals surface area contributed by atoms with Gasteiger partial charge in [-0.2, -0.15) is 12.6 Å². The number of thiol groups is 1. The molecule has 0 nitrogen and oxygen atoms in total. The highest BCUT2D eigenvalue weighted by atomic mass is 32.1. The summed E-state index contributed by atoms with van der Waals surface area (Å²) >= 11 is 4.57. The fourth-order valence-corrected chi connectivity index (χ4v) is 3.29. The molecule has 2 unspecified atom stereocenters. The summed E-state index contributed by atoms with van der Waals surface area (Å²) in [6, 6.07) is 0. The molecule has 2 saturated carbocycles. The lowest BCUT2D eigenvalue weighted by molar-refractivity contribution is 0.196. The van der Waals surface area contributed by atoms with Crippen LogP contribution in [0.2, 0.25) is 0 Å². The fourth-order valence-electron chi connectivity index (χ4n) is 2.70. The van der Waals surface area contributed by atoms with Crippen molar-refractivity contribution in [1.29, 1.82) is 0 Å². The molecule has 0 radical (unpaired) electrons. The van der Waals surface area contributed by atoms with Gasteiger partial charge in [0.1, 0.15) is 0 Å². The summed E-state index contributed by atoms with van der Waals surface area (Å²) in [5.74, 6) is 2.10. The third kappa shape index (κ3) is 1.34. The standard InChI is InChI=1S/C9H16S/c10-9-5-7-2-1-3-8(4-7)6-9/h7-10H,1-6H2. The summed E-state index contributed by atoms with van der Waals surface area (Å²) < 4.78 is 0. The topological polar surface area (TPSA) is 0 Å². The van der Waals surface area contributed by atoms with E-state index in [1.54, 1.807) is 0 Å². The molecule has 2 bridgehead atoms. The normalized spacial score (nSPS) is 47.1. The molecule has 0 aromatic carbocycles. The second-order valence-electron chi connectivity index (χ2n) is 4.02. The van der Waals surface area contributed by atoms with Gasteiger partial charge in [-0.1, -0.05) is 19.3 Å². The second kappa shape index (κ2) is 2.77. The molecule has 58 valence electrons. The average Bonchev–Trinajstić information content (AvgIpc) is 1.85. The molecule has 1 heteroatoms. The zero-order chi connectivity index (χ0) is 6.97. The first kappa shape index (κ1) is 7.02. The van der Waals surface area contributed by atoms with E-state index in [1.165, 1.54) is 38.5 Å². The summed E-state index contributed by atoms with van der Waals surface area (Å²) in [6.07, 6.45) is 8.81. The van der Waals surface area contributed by atoms with Gasteiger partial charge in [-0.15, -0.1) is 0 Å². The van der Waals surface area contributed by atoms with Gasteiger partial charge in [0.15, 0.2) is 0 Å². The van der Waals surface area contributed by atoms with Gasteiger partial charge in [0, 0.05) is 5.25 Å². The van der Waals surface area contributed by atoms with Crippen LogP contribution < -0.4 is 0 Å². The van der Waals surface area contributed by atoms with Crippen LogP contribution in [-0.4, -0.2) is 5.25 Å². The second-order valence-corrected chi connectivity index (χ2v) is 4.75. The first-order chi connectivity index (χ1) is 4.84. The maximum atomic E-state index is 4.57. The molecule has 2 aliphatic carbocycles. The van der Waals surface area contributed by atoms with Crippen LogP contribution in [0, 0.1) is 11.8 Å². The molecule has 0 spiro atoms. The molecule has 0 aliphatic heterocycles. The maximum absolute atomic E-state index is 4.57. The van der Waals surface area contributed by atoms with E-state index in [9.17, 15) is 0 Å². The van der Waals surface area contributed by atoms with Gasteiger partial charge in [0.05, 0.1) is 0 Å². The first-order valence-corrected chi connectivity index (χ1v) is 5.04. The lowest BCUT2D eigenvalue weighted by Crippen LogP contribution is -2.26. The Kier molecular flexibility index (Phi) is 1.94. The third-order valence-electron chi connectivity index (χ3n) is 3.10. The zero-order valence-corrected chi connectivity index (χ0v) is 7.32. The van der Waals surface area contributed by atoms with Crippen LogP contribution in [0.25, 0.3) is 0 Å². The minimum atomic E-state index is 0.740. The van der Waals surface area contributed by atoms with E-state index < -0.39 is 0 Å². The molecule has 0 saturated heterocycles. The van der Waals surface area contributed by atoms with Gasteiger partial charge in [-0.05, 0) is 31.1 Å². The first-order valence-electron chi connectivity index (χ1n) is 4.52. The van der Waals surface area contributed by atoms with E-state index in [0.717, 1.165) is 17.1 Å². The summed E-state index contributed by atoms with van der Waals surface area (Å²) in [6.45, 7) is 0. The number of fused-ring (bicyclic) bond motifs is 2. The quantitative estimate of drug-likeness (QED) is 0.512. The highest BCUT2D eigenvalue weighted by Gasteiger charge is 2.29. The van der Waals surface area contributed by atoms with Gasteiger partial charge in [-0.25, -0.2) is 0 Å². The van der Waals surface area contributed by atoms with Gasteiger partial charge in [0.25, 0.3) is 0 Å². The van der Waals surface area contributed by atoms with Crippen molar-refractivity contribution in [2.75, 3.05) is 0 Å². The molecule has 2 atom stereocenters. The summed E-state index contributed by atoms with van der Waals surface area (Å²) in [7, 11) is 0. The molecule has 0 amide bonds. The monoisotopic (exact) mass is 156 g/mol. The Balaban J connectivity index is 1.98. The van der Waals surface area contributed by atoms with Crippen LogP contribution in [0.5, 0.6) is 0 Å². The predicted molar refractivity (Wildman–Crippen MR) is 47.5 cm³/mol. The van der Waals surface area contributed by atoms with Crippen molar-refractivity contribution >= 4 is 12.6 Å². The molecule has 0 aromatic rings. The Labute approximate surface area is 68.8 Å². The molecule has 2 rings (SSSR count). The number of rotatable bonds is 0. The molecule has 2 aliphatic rings. The highest BCUT2D eigenvalue weighted by molar-refractivity contribution is 7.80. The molecule has 0 heterocycles. The van der Waals surface area contributed by atoms with Gasteiger partial charge < -0.3 is 0 Å². The van der Waals surface area contributed by atoms with Gasteiger partial charge in [0.2, 0.25) is 0 Å². The summed E-state index contributed by atoms with van der Waals surface area (Å²) in [4.78, 5) is 0. The van der Waals surface area contributed by atoms with Crippen molar-refractivity contribution in [3.8, 4) is 0 Å². The zero-order valence-electron chi connectivity index (χ0n) is 6.42. The minimum Gasteiger partial charge on any atom is -0.176 e. The number of hydrogen-bond donors (Lipinski definition) is 1. The van der Waals surface area contributed by atoms with E-state index >= 15 is 0 Å². The predicted octanol–water partition coefficient (Wildman–Crippen LogP) is 2.89. The Bertz CT molecular complexity index is 106. The average molecular weight is 156 g/mol. The lowest BCUT2D eigenvalue weighted by atomic mass is 9.72. The van der Waals surface area contributed by atoms with Crippen LogP contribution in [0.1, 0.15) is 38.5 Å². The molecule has 2 fully saturated rings. The lowest BCUT2D eigenvalue weighted by Gasteiger charge is -2.37. The smallest absolute Gasteiger partial charge is 0.00220 e. The Hall–Kier alpha value is 0.350. The van der Waals surface area contributed by atoms with Crippen molar-refractivity contribution in [3.05, 3.63) is 0 Å². The highest BCUT2D eigenvalue weighted by Crippen LogP contribution is 2.41. The third-order valence-corrected chi connectivity index (χ3v) is 3.52. The van der Waals surface area contributed by atoms with E-state index in [2.05, 4.69) is 12.6 Å². The maximum Gasteiger partial charge on any atom is 0.00220 e. The fraction of sp³-hybridized carbons (Fsp3) is 1.00. The Morgan fingerprint density at radius 1 is 0.900 bits per heavy atom. The van der Waals surface area contributed by atoms with Crippen molar-refractivity contribution in [3.63, 3.8) is 0 Å². The van der Waals surface area contributed by atoms with Crippen LogP contribution in [0.15, 0.2) is 0 Å². The van der Waals surface area contributed by atoms with Crippen molar-refractivity contribution < 1.29 is 0 Å².